The second-order valence-corrected chi connectivity index (χ2v) is 9.21. The van der Waals surface area contributed by atoms with E-state index in [9.17, 15) is 9.59 Å². The maximum absolute atomic E-state index is 12.8. The van der Waals surface area contributed by atoms with Crippen molar-refractivity contribution in [2.45, 2.75) is 52.2 Å². The highest BCUT2D eigenvalue weighted by molar-refractivity contribution is 6.05. The summed E-state index contributed by atoms with van der Waals surface area (Å²) >= 11 is 0. The van der Waals surface area contributed by atoms with Crippen LogP contribution >= 0.6 is 0 Å². The van der Waals surface area contributed by atoms with E-state index in [2.05, 4.69) is 24.1 Å². The maximum Gasteiger partial charge on any atom is 0.349 e. The number of hydrogen-bond acceptors (Lipinski definition) is 5. The molecule has 0 radical (unpaired) electrons. The third-order valence-corrected chi connectivity index (χ3v) is 6.02. The lowest BCUT2D eigenvalue weighted by atomic mass is 10.0. The number of carbonyl (C=O) groups is 1. The number of ether oxygens (including phenoxy) is 1. The fourth-order valence-electron chi connectivity index (χ4n) is 4.10. The van der Waals surface area contributed by atoms with Crippen LogP contribution < -0.4 is 15.7 Å². The topological polar surface area (TPSA) is 71.8 Å². The molecule has 1 heterocycles. The van der Waals surface area contributed by atoms with Crippen molar-refractivity contribution in [1.82, 2.24) is 4.90 Å². The van der Waals surface area contributed by atoms with E-state index >= 15 is 0 Å². The van der Waals surface area contributed by atoms with Gasteiger partial charge in [-0.15, -0.1) is 0 Å². The first-order valence-corrected chi connectivity index (χ1v) is 11.7. The SMILES string of the molecule is CCCc1c(OC(C)C2CC2)ccc2cc(C(=O)Nc3ccc(CN(C)C)cc3)c(=O)oc12. The molecule has 1 amide bonds. The quantitative estimate of drug-likeness (QED) is 0.454. The number of benzene rings is 2. The maximum atomic E-state index is 12.8. The minimum absolute atomic E-state index is 0.0117. The van der Waals surface area contributed by atoms with E-state index in [1.807, 2.05) is 50.5 Å². The van der Waals surface area contributed by atoms with Crippen molar-refractivity contribution in [3.63, 3.8) is 0 Å². The van der Waals surface area contributed by atoms with Crippen molar-refractivity contribution in [2.24, 2.45) is 5.92 Å². The molecule has 1 N–H and O–H groups in total. The highest BCUT2D eigenvalue weighted by Gasteiger charge is 2.30. The van der Waals surface area contributed by atoms with Gasteiger partial charge in [0.25, 0.3) is 5.91 Å². The van der Waals surface area contributed by atoms with Gasteiger partial charge in [0.05, 0.1) is 6.10 Å². The van der Waals surface area contributed by atoms with E-state index in [4.69, 9.17) is 9.15 Å². The van der Waals surface area contributed by atoms with Crippen LogP contribution in [0.15, 0.2) is 51.7 Å². The van der Waals surface area contributed by atoms with Crippen LogP contribution in [0.5, 0.6) is 5.75 Å². The third-order valence-electron chi connectivity index (χ3n) is 6.02. The number of amides is 1. The number of rotatable bonds is 9. The van der Waals surface area contributed by atoms with Crippen molar-refractivity contribution in [3.05, 3.63) is 69.6 Å². The Morgan fingerprint density at radius 2 is 1.91 bits per heavy atom. The molecule has 1 aliphatic rings. The molecule has 6 nitrogen and oxygen atoms in total. The summed E-state index contributed by atoms with van der Waals surface area (Å²) in [6.45, 7) is 4.98. The molecule has 1 aromatic heterocycles. The highest BCUT2D eigenvalue weighted by atomic mass is 16.5. The molecule has 0 bridgehead atoms. The first-order chi connectivity index (χ1) is 15.9. The van der Waals surface area contributed by atoms with Crippen LogP contribution in [0.2, 0.25) is 0 Å². The summed E-state index contributed by atoms with van der Waals surface area (Å²) in [6, 6.07) is 13.0. The Morgan fingerprint density at radius 1 is 1.18 bits per heavy atom. The van der Waals surface area contributed by atoms with Gasteiger partial charge in [-0.3, -0.25) is 4.79 Å². The normalized spacial score (nSPS) is 14.5. The van der Waals surface area contributed by atoms with E-state index in [0.717, 1.165) is 41.6 Å². The summed E-state index contributed by atoms with van der Waals surface area (Å²) in [6.07, 6.45) is 4.16. The third kappa shape index (κ3) is 5.45. The van der Waals surface area contributed by atoms with Crippen molar-refractivity contribution in [1.29, 1.82) is 0 Å². The Bertz CT molecular complexity index is 1190. The van der Waals surface area contributed by atoms with Crippen LogP contribution in [0.4, 0.5) is 5.69 Å². The molecule has 1 saturated carbocycles. The van der Waals surface area contributed by atoms with E-state index < -0.39 is 11.5 Å². The van der Waals surface area contributed by atoms with E-state index in [0.29, 0.717) is 17.2 Å². The van der Waals surface area contributed by atoms with Crippen LogP contribution in [0.3, 0.4) is 0 Å². The van der Waals surface area contributed by atoms with Crippen LogP contribution in [0.1, 0.15) is 54.6 Å². The monoisotopic (exact) mass is 448 g/mol. The lowest BCUT2D eigenvalue weighted by Crippen LogP contribution is -2.21. The summed E-state index contributed by atoms with van der Waals surface area (Å²) < 4.78 is 11.9. The Labute approximate surface area is 194 Å². The van der Waals surface area contributed by atoms with Gasteiger partial charge in [0, 0.05) is 23.2 Å². The molecule has 6 heteroatoms. The lowest BCUT2D eigenvalue weighted by Gasteiger charge is -2.18. The molecule has 0 aliphatic heterocycles. The summed E-state index contributed by atoms with van der Waals surface area (Å²) in [5, 5.41) is 3.52. The molecule has 33 heavy (non-hydrogen) atoms. The van der Waals surface area contributed by atoms with Gasteiger partial charge in [-0.25, -0.2) is 4.79 Å². The molecule has 1 atom stereocenters. The smallest absolute Gasteiger partial charge is 0.349 e. The minimum atomic E-state index is -0.644. The van der Waals surface area contributed by atoms with Crippen LogP contribution in [-0.4, -0.2) is 31.0 Å². The molecule has 0 saturated heterocycles. The second kappa shape index (κ2) is 9.79. The van der Waals surface area contributed by atoms with Gasteiger partial charge in [-0.1, -0.05) is 25.5 Å². The zero-order chi connectivity index (χ0) is 23.5. The number of hydrogen-bond donors (Lipinski definition) is 1. The van der Waals surface area contributed by atoms with Crippen molar-refractivity contribution >= 4 is 22.6 Å². The molecular weight excluding hydrogens is 416 g/mol. The first kappa shape index (κ1) is 23.1. The summed E-state index contributed by atoms with van der Waals surface area (Å²) in [5.41, 5.74) is 2.51. The molecule has 1 unspecified atom stereocenters. The Hall–Kier alpha value is -3.12. The van der Waals surface area contributed by atoms with Crippen molar-refractivity contribution in [2.75, 3.05) is 19.4 Å². The minimum Gasteiger partial charge on any atom is -0.490 e. The fraction of sp³-hybridized carbons (Fsp3) is 0.407. The number of aryl methyl sites for hydroxylation is 1. The summed E-state index contributed by atoms with van der Waals surface area (Å²) in [5.74, 6) is 0.887. The van der Waals surface area contributed by atoms with Crippen LogP contribution in [0.25, 0.3) is 11.0 Å². The molecule has 1 fully saturated rings. The zero-order valence-corrected chi connectivity index (χ0v) is 19.8. The van der Waals surface area contributed by atoms with E-state index in [1.165, 1.54) is 12.8 Å². The summed E-state index contributed by atoms with van der Waals surface area (Å²) in [4.78, 5) is 27.7. The number of nitrogens with zero attached hydrogens (tertiary/aromatic N) is 1. The number of nitrogens with one attached hydrogen (secondary N) is 1. The predicted octanol–water partition coefficient (Wildman–Crippen LogP) is 5.24. The molecule has 3 aromatic rings. The van der Waals surface area contributed by atoms with E-state index in [-0.39, 0.29) is 11.7 Å². The van der Waals surface area contributed by atoms with Gasteiger partial charge in [0.2, 0.25) is 0 Å². The number of carbonyl (C=O) groups excluding carboxylic acids is 1. The predicted molar refractivity (Wildman–Crippen MR) is 131 cm³/mol. The van der Waals surface area contributed by atoms with Crippen molar-refractivity contribution < 1.29 is 13.9 Å². The molecule has 174 valence electrons. The average Bonchev–Trinajstić information content (AvgIpc) is 3.62. The van der Waals surface area contributed by atoms with Gasteiger partial charge in [0.15, 0.2) is 0 Å². The largest absolute Gasteiger partial charge is 0.490 e. The van der Waals surface area contributed by atoms with Gasteiger partial charge in [-0.2, -0.15) is 0 Å². The Kier molecular flexibility index (Phi) is 6.84. The molecule has 0 spiro atoms. The molecule has 1 aliphatic carbocycles. The second-order valence-electron chi connectivity index (χ2n) is 9.21. The Morgan fingerprint density at radius 3 is 2.55 bits per heavy atom. The van der Waals surface area contributed by atoms with Gasteiger partial charge in [-0.05, 0) is 82.1 Å². The molecule has 2 aromatic carbocycles. The van der Waals surface area contributed by atoms with Gasteiger partial charge in [0.1, 0.15) is 16.9 Å². The molecular formula is C27H32N2O4. The Balaban J connectivity index is 1.60. The van der Waals surface area contributed by atoms with Crippen LogP contribution in [-0.2, 0) is 13.0 Å². The standard InChI is InChI=1S/C27H32N2O4/c1-5-6-22-24(32-17(2)19-9-10-19)14-11-20-15-23(27(31)33-25(20)22)26(30)28-21-12-7-18(8-13-21)16-29(3)4/h7-8,11-15,17,19H,5-6,9-10,16H2,1-4H3,(H,28,30). The highest BCUT2D eigenvalue weighted by Crippen LogP contribution is 2.37. The lowest BCUT2D eigenvalue weighted by molar-refractivity contribution is 0.102. The zero-order valence-electron chi connectivity index (χ0n) is 19.8. The van der Waals surface area contributed by atoms with Gasteiger partial charge < -0.3 is 19.4 Å². The van der Waals surface area contributed by atoms with Gasteiger partial charge >= 0.3 is 5.63 Å². The summed E-state index contributed by atoms with van der Waals surface area (Å²) in [7, 11) is 4.01. The average molecular weight is 449 g/mol. The number of anilines is 1. The van der Waals surface area contributed by atoms with Crippen LogP contribution in [0, 0.1) is 5.92 Å². The molecule has 4 rings (SSSR count). The van der Waals surface area contributed by atoms with E-state index in [1.54, 1.807) is 6.07 Å². The first-order valence-electron chi connectivity index (χ1n) is 11.7. The fourth-order valence-corrected chi connectivity index (χ4v) is 4.10. The van der Waals surface area contributed by atoms with Crippen molar-refractivity contribution in [3.8, 4) is 5.75 Å². The number of fused-ring (bicyclic) bond motifs is 1.